The Labute approximate surface area is 146 Å². The van der Waals surface area contributed by atoms with Gasteiger partial charge in [-0.2, -0.15) is 13.2 Å². The zero-order valence-electron chi connectivity index (χ0n) is 12.8. The Bertz CT molecular complexity index is 911. The second-order valence-corrected chi connectivity index (χ2v) is 5.84. The summed E-state index contributed by atoms with van der Waals surface area (Å²) in [6.07, 6.45) is -3.03. The molecule has 0 spiro atoms. The van der Waals surface area contributed by atoms with Gasteiger partial charge in [-0.3, -0.25) is 4.98 Å². The quantitative estimate of drug-likeness (QED) is 0.545. The molecular formula is C18H12ClF4NO. The van der Waals surface area contributed by atoms with Crippen LogP contribution in [0.15, 0.2) is 48.7 Å². The summed E-state index contributed by atoms with van der Waals surface area (Å²) in [5.74, 6) is -0.563. The smallest absolute Gasteiger partial charge is 0.372 e. The minimum Gasteiger partial charge on any atom is -0.372 e. The highest BCUT2D eigenvalue weighted by Crippen LogP contribution is 2.32. The van der Waals surface area contributed by atoms with Gasteiger partial charge >= 0.3 is 6.18 Å². The zero-order chi connectivity index (χ0) is 18.0. The van der Waals surface area contributed by atoms with Crippen molar-refractivity contribution in [3.05, 3.63) is 76.2 Å². The van der Waals surface area contributed by atoms with Crippen LogP contribution in [0.5, 0.6) is 0 Å². The lowest BCUT2D eigenvalue weighted by molar-refractivity contribution is -0.138. The molecule has 2 aromatic carbocycles. The van der Waals surface area contributed by atoms with Crippen molar-refractivity contribution in [2.75, 3.05) is 0 Å². The van der Waals surface area contributed by atoms with Crippen LogP contribution < -0.4 is 0 Å². The summed E-state index contributed by atoms with van der Waals surface area (Å²) in [4.78, 5) is 3.96. The van der Waals surface area contributed by atoms with E-state index >= 15 is 0 Å². The van der Waals surface area contributed by atoms with E-state index in [-0.39, 0.29) is 29.3 Å². The molecule has 0 aliphatic rings. The van der Waals surface area contributed by atoms with Crippen molar-refractivity contribution in [1.29, 1.82) is 0 Å². The van der Waals surface area contributed by atoms with Gasteiger partial charge in [-0.05, 0) is 35.4 Å². The Balaban J connectivity index is 1.81. The minimum absolute atomic E-state index is 0.00495. The maximum atomic E-state index is 13.9. The maximum Gasteiger partial charge on any atom is 0.416 e. The minimum atomic E-state index is -4.44. The number of halogens is 5. The van der Waals surface area contributed by atoms with Gasteiger partial charge in [-0.15, -0.1) is 0 Å². The van der Waals surface area contributed by atoms with Crippen molar-refractivity contribution in [2.24, 2.45) is 0 Å². The number of hydrogen-bond donors (Lipinski definition) is 0. The van der Waals surface area contributed by atoms with Crippen LogP contribution in [-0.4, -0.2) is 4.98 Å². The van der Waals surface area contributed by atoms with E-state index in [0.29, 0.717) is 10.9 Å². The summed E-state index contributed by atoms with van der Waals surface area (Å²) in [5.41, 5.74) is 0.0401. The Morgan fingerprint density at radius 2 is 1.72 bits per heavy atom. The third-order valence-corrected chi connectivity index (χ3v) is 3.91. The van der Waals surface area contributed by atoms with Crippen LogP contribution >= 0.6 is 11.6 Å². The van der Waals surface area contributed by atoms with E-state index in [9.17, 15) is 17.6 Å². The fourth-order valence-electron chi connectivity index (χ4n) is 2.55. The van der Waals surface area contributed by atoms with Crippen LogP contribution in [0, 0.1) is 5.82 Å². The molecule has 0 atom stereocenters. The van der Waals surface area contributed by atoms with Crippen molar-refractivity contribution < 1.29 is 22.3 Å². The van der Waals surface area contributed by atoms with Crippen LogP contribution in [-0.2, 0) is 24.1 Å². The highest BCUT2D eigenvalue weighted by molar-refractivity contribution is 6.31. The monoisotopic (exact) mass is 369 g/mol. The number of fused-ring (bicyclic) bond motifs is 1. The van der Waals surface area contributed by atoms with Crippen molar-refractivity contribution in [1.82, 2.24) is 4.98 Å². The number of benzene rings is 2. The van der Waals surface area contributed by atoms with E-state index in [2.05, 4.69) is 4.98 Å². The first-order chi connectivity index (χ1) is 11.9. The van der Waals surface area contributed by atoms with Crippen LogP contribution in [0.2, 0.25) is 5.02 Å². The Morgan fingerprint density at radius 1 is 1.00 bits per heavy atom. The molecule has 0 bridgehead atoms. The van der Waals surface area contributed by atoms with E-state index in [1.54, 1.807) is 12.1 Å². The molecule has 1 heterocycles. The number of pyridine rings is 1. The second-order valence-electron chi connectivity index (χ2n) is 5.40. The van der Waals surface area contributed by atoms with Gasteiger partial charge in [0.2, 0.25) is 0 Å². The Kier molecular flexibility index (Phi) is 4.92. The van der Waals surface area contributed by atoms with E-state index in [4.69, 9.17) is 16.3 Å². The van der Waals surface area contributed by atoms with E-state index in [1.807, 2.05) is 0 Å². The van der Waals surface area contributed by atoms with Crippen molar-refractivity contribution in [3.8, 4) is 0 Å². The first kappa shape index (κ1) is 17.6. The summed E-state index contributed by atoms with van der Waals surface area (Å²) in [6, 6.07) is 9.54. The predicted molar refractivity (Wildman–Crippen MR) is 86.6 cm³/mol. The molecule has 2 nitrogen and oxygen atoms in total. The molecule has 7 heteroatoms. The highest BCUT2D eigenvalue weighted by atomic mass is 35.5. The van der Waals surface area contributed by atoms with Crippen LogP contribution in [0.1, 0.15) is 16.7 Å². The summed E-state index contributed by atoms with van der Waals surface area (Å²) in [6.45, 7) is -0.215. The van der Waals surface area contributed by atoms with Gasteiger partial charge < -0.3 is 4.74 Å². The van der Waals surface area contributed by atoms with Crippen LogP contribution in [0.4, 0.5) is 17.6 Å². The fraction of sp³-hybridized carbons (Fsp3) is 0.167. The lowest BCUT2D eigenvalue weighted by atomic mass is 10.1. The predicted octanol–water partition coefficient (Wildman–Crippen LogP) is 5.76. The van der Waals surface area contributed by atoms with E-state index in [1.165, 1.54) is 24.4 Å². The van der Waals surface area contributed by atoms with Crippen molar-refractivity contribution >= 4 is 22.5 Å². The Hall–Kier alpha value is -2.18. The molecule has 25 heavy (non-hydrogen) atoms. The molecule has 0 radical (unpaired) electrons. The molecule has 130 valence electrons. The van der Waals surface area contributed by atoms with Gasteiger partial charge in [0.15, 0.2) is 5.82 Å². The van der Waals surface area contributed by atoms with Gasteiger partial charge in [0, 0.05) is 16.6 Å². The first-order valence-electron chi connectivity index (χ1n) is 7.32. The summed E-state index contributed by atoms with van der Waals surface area (Å²) < 4.78 is 58.2. The molecule has 3 rings (SSSR count). The molecule has 0 fully saturated rings. The van der Waals surface area contributed by atoms with E-state index < -0.39 is 17.6 Å². The molecule has 0 unspecified atom stereocenters. The zero-order valence-corrected chi connectivity index (χ0v) is 13.5. The number of nitrogens with zero attached hydrogens (tertiary/aromatic N) is 1. The van der Waals surface area contributed by atoms with Crippen LogP contribution in [0.3, 0.4) is 0 Å². The standard InChI is InChI=1S/C18H12ClF4NO/c19-13-7-14-11(5-6-24-17(14)16(20)8-13)9-25-10-12-3-1-2-4-15(12)18(21,22)23/h1-8H,9-10H2. The lowest BCUT2D eigenvalue weighted by Gasteiger charge is -2.13. The van der Waals surface area contributed by atoms with Gasteiger partial charge in [0.1, 0.15) is 5.52 Å². The molecule has 0 aliphatic carbocycles. The van der Waals surface area contributed by atoms with Crippen molar-refractivity contribution in [2.45, 2.75) is 19.4 Å². The average Bonchev–Trinajstić information content (AvgIpc) is 2.55. The molecule has 3 aromatic rings. The number of alkyl halides is 3. The third-order valence-electron chi connectivity index (χ3n) is 3.69. The Morgan fingerprint density at radius 3 is 2.48 bits per heavy atom. The molecular weight excluding hydrogens is 358 g/mol. The largest absolute Gasteiger partial charge is 0.416 e. The third kappa shape index (κ3) is 3.91. The molecule has 0 N–H and O–H groups in total. The maximum absolute atomic E-state index is 13.9. The van der Waals surface area contributed by atoms with Gasteiger partial charge in [0.05, 0.1) is 18.8 Å². The van der Waals surface area contributed by atoms with E-state index in [0.717, 1.165) is 12.1 Å². The number of hydrogen-bond acceptors (Lipinski definition) is 2. The topological polar surface area (TPSA) is 22.1 Å². The van der Waals surface area contributed by atoms with Crippen molar-refractivity contribution in [3.63, 3.8) is 0 Å². The molecule has 0 aliphatic heterocycles. The van der Waals surface area contributed by atoms with Crippen LogP contribution in [0.25, 0.3) is 10.9 Å². The van der Waals surface area contributed by atoms with Gasteiger partial charge in [-0.1, -0.05) is 29.8 Å². The fourth-order valence-corrected chi connectivity index (χ4v) is 2.76. The molecule has 0 saturated carbocycles. The first-order valence-corrected chi connectivity index (χ1v) is 7.69. The average molecular weight is 370 g/mol. The van der Waals surface area contributed by atoms with Gasteiger partial charge in [-0.25, -0.2) is 4.39 Å². The highest BCUT2D eigenvalue weighted by Gasteiger charge is 2.32. The second kappa shape index (κ2) is 6.98. The number of rotatable bonds is 4. The summed E-state index contributed by atoms with van der Waals surface area (Å²) in [7, 11) is 0. The number of ether oxygens (including phenoxy) is 1. The summed E-state index contributed by atoms with van der Waals surface area (Å²) in [5, 5.41) is 0.679. The molecule has 1 aromatic heterocycles. The van der Waals surface area contributed by atoms with Gasteiger partial charge in [0.25, 0.3) is 0 Å². The SMILES string of the molecule is Fc1cc(Cl)cc2c(COCc3ccccc3C(F)(F)F)ccnc12. The lowest BCUT2D eigenvalue weighted by Crippen LogP contribution is -2.10. The molecule has 0 amide bonds. The normalized spacial score (nSPS) is 11.9. The number of aromatic nitrogens is 1. The molecule has 0 saturated heterocycles. The summed E-state index contributed by atoms with van der Waals surface area (Å²) >= 11 is 5.86.